The molecule has 1 rings (SSSR count). The van der Waals surface area contributed by atoms with Crippen molar-refractivity contribution in [2.24, 2.45) is 0 Å². The van der Waals surface area contributed by atoms with E-state index in [0.717, 1.165) is 36.7 Å². The smallest absolute Gasteiger partial charge is 0.159 e. The predicted molar refractivity (Wildman–Crippen MR) is 74.9 cm³/mol. The fourth-order valence-electron chi connectivity index (χ4n) is 1.72. The zero-order chi connectivity index (χ0) is 13.5. The van der Waals surface area contributed by atoms with Gasteiger partial charge < -0.3 is 10.1 Å². The van der Waals surface area contributed by atoms with E-state index in [1.165, 1.54) is 0 Å². The molecule has 1 aromatic heterocycles. The summed E-state index contributed by atoms with van der Waals surface area (Å²) in [5, 5.41) is 3.33. The molecule has 0 spiro atoms. The van der Waals surface area contributed by atoms with E-state index in [-0.39, 0.29) is 6.10 Å². The summed E-state index contributed by atoms with van der Waals surface area (Å²) in [5.41, 5.74) is 1.06. The van der Waals surface area contributed by atoms with Crippen molar-refractivity contribution in [3.05, 3.63) is 17.6 Å². The van der Waals surface area contributed by atoms with E-state index in [1.54, 1.807) is 7.11 Å². The first-order valence-corrected chi connectivity index (χ1v) is 6.77. The first kappa shape index (κ1) is 14.9. The monoisotopic (exact) mass is 251 g/mol. The van der Waals surface area contributed by atoms with Crippen LogP contribution in [0.3, 0.4) is 0 Å². The Hall–Kier alpha value is -1.16. The molecule has 1 atom stereocenters. The minimum absolute atomic E-state index is 0.0223. The van der Waals surface area contributed by atoms with Crippen molar-refractivity contribution in [2.75, 3.05) is 19.0 Å². The quantitative estimate of drug-likeness (QED) is 0.805. The molecule has 0 saturated heterocycles. The van der Waals surface area contributed by atoms with Gasteiger partial charge in [0.05, 0.1) is 0 Å². The van der Waals surface area contributed by atoms with Gasteiger partial charge in [-0.1, -0.05) is 27.7 Å². The molecule has 0 aliphatic carbocycles. The standard InChI is InChI=1S/C14H25N3O/c1-6-8-15-13-9-11(10(3)4)16-14(17-13)12(7-2)18-5/h9-10,12H,6-8H2,1-5H3,(H,15,16,17). The number of nitrogens with zero attached hydrogens (tertiary/aromatic N) is 2. The lowest BCUT2D eigenvalue weighted by Crippen LogP contribution is -2.12. The number of hydrogen-bond acceptors (Lipinski definition) is 4. The maximum Gasteiger partial charge on any atom is 0.159 e. The number of anilines is 1. The lowest BCUT2D eigenvalue weighted by atomic mass is 10.1. The first-order valence-electron chi connectivity index (χ1n) is 6.77. The molecule has 1 aromatic rings. The maximum absolute atomic E-state index is 5.43. The maximum atomic E-state index is 5.43. The Bertz CT molecular complexity index is 362. The van der Waals surface area contributed by atoms with E-state index in [0.29, 0.717) is 5.92 Å². The normalized spacial score (nSPS) is 12.8. The minimum Gasteiger partial charge on any atom is -0.373 e. The van der Waals surface area contributed by atoms with E-state index in [9.17, 15) is 0 Å². The first-order chi connectivity index (χ1) is 8.62. The van der Waals surface area contributed by atoms with Crippen LogP contribution in [0, 0.1) is 0 Å². The van der Waals surface area contributed by atoms with Crippen LogP contribution in [-0.2, 0) is 4.74 Å². The molecule has 0 radical (unpaired) electrons. The molecular weight excluding hydrogens is 226 g/mol. The number of methoxy groups -OCH3 is 1. The number of rotatable bonds is 7. The average molecular weight is 251 g/mol. The SMILES string of the molecule is CCCNc1cc(C(C)C)nc(C(CC)OC)n1. The Morgan fingerprint density at radius 3 is 2.50 bits per heavy atom. The fourth-order valence-corrected chi connectivity index (χ4v) is 1.72. The molecule has 1 unspecified atom stereocenters. The van der Waals surface area contributed by atoms with Crippen LogP contribution in [0.5, 0.6) is 0 Å². The van der Waals surface area contributed by atoms with Gasteiger partial charge >= 0.3 is 0 Å². The molecule has 1 N–H and O–H groups in total. The van der Waals surface area contributed by atoms with E-state index < -0.39 is 0 Å². The Kier molecular flexibility index (Phi) is 6.05. The van der Waals surface area contributed by atoms with Crippen LogP contribution in [-0.4, -0.2) is 23.6 Å². The largest absolute Gasteiger partial charge is 0.373 e. The van der Waals surface area contributed by atoms with Crippen LogP contribution in [0.2, 0.25) is 0 Å². The predicted octanol–water partition coefficient (Wildman–Crippen LogP) is 3.52. The van der Waals surface area contributed by atoms with Gasteiger partial charge in [0.15, 0.2) is 5.82 Å². The summed E-state index contributed by atoms with van der Waals surface area (Å²) in [7, 11) is 1.71. The molecule has 4 heteroatoms. The van der Waals surface area contributed by atoms with Crippen molar-refractivity contribution in [2.45, 2.75) is 52.6 Å². The van der Waals surface area contributed by atoms with Gasteiger partial charge in [-0.3, -0.25) is 0 Å². The molecule has 4 nitrogen and oxygen atoms in total. The molecule has 18 heavy (non-hydrogen) atoms. The van der Waals surface area contributed by atoms with Gasteiger partial charge in [0.2, 0.25) is 0 Å². The highest BCUT2D eigenvalue weighted by molar-refractivity contribution is 5.37. The Balaban J connectivity index is 3.04. The van der Waals surface area contributed by atoms with E-state index in [2.05, 4.69) is 43.0 Å². The van der Waals surface area contributed by atoms with Crippen LogP contribution in [0.4, 0.5) is 5.82 Å². The highest BCUT2D eigenvalue weighted by Gasteiger charge is 2.15. The second-order valence-electron chi connectivity index (χ2n) is 4.75. The third-order valence-electron chi connectivity index (χ3n) is 2.85. The summed E-state index contributed by atoms with van der Waals surface area (Å²) in [6, 6.07) is 2.03. The average Bonchev–Trinajstić information content (AvgIpc) is 2.37. The van der Waals surface area contributed by atoms with Crippen molar-refractivity contribution >= 4 is 5.82 Å². The molecule has 0 saturated carbocycles. The van der Waals surface area contributed by atoms with Gasteiger partial charge in [0.1, 0.15) is 11.9 Å². The zero-order valence-electron chi connectivity index (χ0n) is 12.2. The summed E-state index contributed by atoms with van der Waals surface area (Å²) in [4.78, 5) is 9.15. The molecule has 0 bridgehead atoms. The Labute approximate surface area is 110 Å². The molecule has 0 fully saturated rings. The lowest BCUT2D eigenvalue weighted by molar-refractivity contribution is 0.0924. The van der Waals surface area contributed by atoms with E-state index >= 15 is 0 Å². The zero-order valence-corrected chi connectivity index (χ0v) is 12.2. The van der Waals surface area contributed by atoms with E-state index in [1.807, 2.05) is 6.07 Å². The van der Waals surface area contributed by atoms with Crippen molar-refractivity contribution < 1.29 is 4.74 Å². The summed E-state index contributed by atoms with van der Waals surface area (Å²) >= 11 is 0. The number of aromatic nitrogens is 2. The lowest BCUT2D eigenvalue weighted by Gasteiger charge is -2.16. The van der Waals surface area contributed by atoms with Crippen LogP contribution in [0.25, 0.3) is 0 Å². The highest BCUT2D eigenvalue weighted by Crippen LogP contribution is 2.22. The number of hydrogen-bond donors (Lipinski definition) is 1. The highest BCUT2D eigenvalue weighted by atomic mass is 16.5. The van der Waals surface area contributed by atoms with Crippen molar-refractivity contribution in [3.63, 3.8) is 0 Å². The van der Waals surface area contributed by atoms with Crippen LogP contribution < -0.4 is 5.32 Å². The number of ether oxygens (including phenoxy) is 1. The summed E-state index contributed by atoms with van der Waals surface area (Å²) in [6.07, 6.45) is 1.94. The molecular formula is C14H25N3O. The Morgan fingerprint density at radius 2 is 2.00 bits per heavy atom. The second-order valence-corrected chi connectivity index (χ2v) is 4.75. The van der Waals surface area contributed by atoms with Crippen LogP contribution in [0.1, 0.15) is 64.1 Å². The van der Waals surface area contributed by atoms with Gasteiger partial charge in [-0.2, -0.15) is 0 Å². The molecule has 0 amide bonds. The molecule has 0 aromatic carbocycles. The number of nitrogens with one attached hydrogen (secondary N) is 1. The van der Waals surface area contributed by atoms with Crippen LogP contribution in [0.15, 0.2) is 6.07 Å². The van der Waals surface area contributed by atoms with Crippen molar-refractivity contribution in [3.8, 4) is 0 Å². The third kappa shape index (κ3) is 3.95. The van der Waals surface area contributed by atoms with E-state index in [4.69, 9.17) is 4.74 Å². The minimum atomic E-state index is -0.0223. The van der Waals surface area contributed by atoms with Gasteiger partial charge in [-0.25, -0.2) is 9.97 Å². The van der Waals surface area contributed by atoms with Crippen molar-refractivity contribution in [1.29, 1.82) is 0 Å². The van der Waals surface area contributed by atoms with Gasteiger partial charge in [-0.05, 0) is 18.8 Å². The van der Waals surface area contributed by atoms with Crippen LogP contribution >= 0.6 is 0 Å². The second kappa shape index (κ2) is 7.31. The topological polar surface area (TPSA) is 47.0 Å². The molecule has 0 aliphatic rings. The molecule has 102 valence electrons. The Morgan fingerprint density at radius 1 is 1.28 bits per heavy atom. The molecule has 1 heterocycles. The van der Waals surface area contributed by atoms with Gasteiger partial charge in [0.25, 0.3) is 0 Å². The summed E-state index contributed by atoms with van der Waals surface area (Å²) in [5.74, 6) is 2.08. The summed E-state index contributed by atoms with van der Waals surface area (Å²) < 4.78 is 5.43. The third-order valence-corrected chi connectivity index (χ3v) is 2.85. The fraction of sp³-hybridized carbons (Fsp3) is 0.714. The molecule has 0 aliphatic heterocycles. The van der Waals surface area contributed by atoms with Crippen molar-refractivity contribution in [1.82, 2.24) is 9.97 Å². The van der Waals surface area contributed by atoms with Gasteiger partial charge in [-0.15, -0.1) is 0 Å². The van der Waals surface area contributed by atoms with Gasteiger partial charge in [0, 0.05) is 25.4 Å². The summed E-state index contributed by atoms with van der Waals surface area (Å²) in [6.45, 7) is 9.44.